The van der Waals surface area contributed by atoms with E-state index >= 15 is 0 Å². The van der Waals surface area contributed by atoms with Crippen molar-refractivity contribution in [2.75, 3.05) is 11.1 Å². The molecule has 1 aromatic rings. The van der Waals surface area contributed by atoms with E-state index in [1.54, 1.807) is 12.1 Å². The van der Waals surface area contributed by atoms with Gasteiger partial charge in [0.05, 0.1) is 17.7 Å². The van der Waals surface area contributed by atoms with Crippen molar-refractivity contribution in [2.45, 2.75) is 11.3 Å². The second kappa shape index (κ2) is 7.95. The van der Waals surface area contributed by atoms with Crippen LogP contribution >= 0.6 is 11.8 Å². The molecule has 1 aromatic carbocycles. The quantitative estimate of drug-likeness (QED) is 0.473. The zero-order chi connectivity index (χ0) is 14.1. The van der Waals surface area contributed by atoms with Crippen molar-refractivity contribution in [3.63, 3.8) is 0 Å². The van der Waals surface area contributed by atoms with E-state index in [-0.39, 0.29) is 0 Å². The Morgan fingerprint density at radius 1 is 1.37 bits per heavy atom. The molecule has 1 amide bonds. The second-order valence-corrected chi connectivity index (χ2v) is 4.53. The van der Waals surface area contributed by atoms with Crippen molar-refractivity contribution >= 4 is 29.3 Å². The summed E-state index contributed by atoms with van der Waals surface area (Å²) in [6, 6.07) is 9.14. The van der Waals surface area contributed by atoms with E-state index < -0.39 is 11.9 Å². The van der Waals surface area contributed by atoms with Gasteiger partial charge in [-0.2, -0.15) is 5.26 Å². The van der Waals surface area contributed by atoms with Crippen LogP contribution in [0.15, 0.2) is 41.3 Å². The molecule has 6 heteroatoms. The number of anilines is 1. The van der Waals surface area contributed by atoms with E-state index in [0.717, 1.165) is 11.0 Å². The summed E-state index contributed by atoms with van der Waals surface area (Å²) in [7, 11) is 0. The first-order chi connectivity index (χ1) is 9.13. The van der Waals surface area contributed by atoms with Gasteiger partial charge < -0.3 is 15.2 Å². The highest BCUT2D eigenvalue weighted by Gasteiger charge is 2.04. The lowest BCUT2D eigenvalue weighted by Gasteiger charge is -2.08. The number of aliphatic carboxylic acids is 1. The zero-order valence-electron chi connectivity index (χ0n) is 9.96. The predicted octanol–water partition coefficient (Wildman–Crippen LogP) is 0.937. The standard InChI is InChI=1S/C13H12N2O3S/c14-8-3-9-19-11-5-2-1-4-10(11)15-12(16)6-7-13(17)18/h1-2,4-7H,3,9H2,(H,15,16)(H,17,18)/p-1/b7-6+. The van der Waals surface area contributed by atoms with Gasteiger partial charge in [0.15, 0.2) is 0 Å². The number of hydrogen-bond acceptors (Lipinski definition) is 5. The van der Waals surface area contributed by atoms with Crippen LogP contribution in [0.2, 0.25) is 0 Å². The van der Waals surface area contributed by atoms with Crippen molar-refractivity contribution < 1.29 is 14.7 Å². The van der Waals surface area contributed by atoms with Crippen molar-refractivity contribution in [2.24, 2.45) is 0 Å². The second-order valence-electron chi connectivity index (χ2n) is 3.39. The van der Waals surface area contributed by atoms with Crippen LogP contribution in [0.4, 0.5) is 5.69 Å². The van der Waals surface area contributed by atoms with Crippen LogP contribution < -0.4 is 10.4 Å². The van der Waals surface area contributed by atoms with Crippen LogP contribution in [0.1, 0.15) is 6.42 Å². The van der Waals surface area contributed by atoms with Crippen LogP contribution in [-0.2, 0) is 9.59 Å². The molecule has 0 atom stereocenters. The third kappa shape index (κ3) is 5.75. The number of benzene rings is 1. The number of thioether (sulfide) groups is 1. The average molecular weight is 275 g/mol. The molecule has 0 aliphatic carbocycles. The molecule has 0 heterocycles. The third-order valence-corrected chi connectivity index (χ3v) is 3.06. The number of nitriles is 1. The summed E-state index contributed by atoms with van der Waals surface area (Å²) in [4.78, 5) is 22.5. The molecule has 0 aliphatic heterocycles. The Hall–Kier alpha value is -2.26. The molecule has 1 N–H and O–H groups in total. The normalized spacial score (nSPS) is 10.1. The summed E-state index contributed by atoms with van der Waals surface area (Å²) in [5, 5.41) is 21.2. The third-order valence-electron chi connectivity index (χ3n) is 1.99. The Balaban J connectivity index is 2.69. The molecule has 5 nitrogen and oxygen atoms in total. The molecule has 0 aliphatic rings. The first-order valence-electron chi connectivity index (χ1n) is 5.42. The maximum Gasteiger partial charge on any atom is 0.248 e. The Morgan fingerprint density at radius 2 is 2.11 bits per heavy atom. The fraction of sp³-hybridized carbons (Fsp3) is 0.154. The van der Waals surface area contributed by atoms with E-state index in [1.165, 1.54) is 11.8 Å². The first kappa shape index (κ1) is 14.8. The molecule has 0 radical (unpaired) electrons. The summed E-state index contributed by atoms with van der Waals surface area (Å²) in [5.74, 6) is -1.34. The Labute approximate surface area is 114 Å². The minimum Gasteiger partial charge on any atom is -0.545 e. The van der Waals surface area contributed by atoms with Gasteiger partial charge in [0.25, 0.3) is 0 Å². The Kier molecular flexibility index (Phi) is 6.19. The molecule has 0 aromatic heterocycles. The van der Waals surface area contributed by atoms with Gasteiger partial charge in [0.2, 0.25) is 5.91 Å². The number of carbonyl (C=O) groups excluding carboxylic acids is 2. The number of nitrogens with one attached hydrogen (secondary N) is 1. The molecule has 0 bridgehead atoms. The number of hydrogen-bond donors (Lipinski definition) is 1. The van der Waals surface area contributed by atoms with E-state index in [4.69, 9.17) is 5.26 Å². The number of nitrogens with zero attached hydrogens (tertiary/aromatic N) is 1. The first-order valence-corrected chi connectivity index (χ1v) is 6.41. The average Bonchev–Trinajstić information content (AvgIpc) is 2.39. The highest BCUT2D eigenvalue weighted by Crippen LogP contribution is 2.27. The lowest BCUT2D eigenvalue weighted by molar-refractivity contribution is -0.297. The molecule has 0 saturated carbocycles. The van der Waals surface area contributed by atoms with Gasteiger partial charge in [-0.3, -0.25) is 4.79 Å². The largest absolute Gasteiger partial charge is 0.545 e. The van der Waals surface area contributed by atoms with E-state index in [2.05, 4.69) is 5.32 Å². The van der Waals surface area contributed by atoms with Crippen LogP contribution in [0.25, 0.3) is 0 Å². The van der Waals surface area contributed by atoms with Crippen molar-refractivity contribution in [1.82, 2.24) is 0 Å². The van der Waals surface area contributed by atoms with Crippen LogP contribution in [0.3, 0.4) is 0 Å². The highest BCUT2D eigenvalue weighted by atomic mass is 32.2. The van der Waals surface area contributed by atoms with Gasteiger partial charge in [-0.15, -0.1) is 11.8 Å². The van der Waals surface area contributed by atoms with Gasteiger partial charge in [-0.1, -0.05) is 12.1 Å². The van der Waals surface area contributed by atoms with E-state index in [1.807, 2.05) is 18.2 Å². The van der Waals surface area contributed by atoms with Gasteiger partial charge in [0.1, 0.15) is 0 Å². The lowest BCUT2D eigenvalue weighted by atomic mass is 10.3. The molecule has 0 fully saturated rings. The monoisotopic (exact) mass is 275 g/mol. The Morgan fingerprint density at radius 3 is 2.79 bits per heavy atom. The fourth-order valence-electron chi connectivity index (χ4n) is 1.22. The van der Waals surface area contributed by atoms with Crippen LogP contribution in [-0.4, -0.2) is 17.6 Å². The number of carbonyl (C=O) groups is 2. The summed E-state index contributed by atoms with van der Waals surface area (Å²) < 4.78 is 0. The predicted molar refractivity (Wildman–Crippen MR) is 70.2 cm³/mol. The van der Waals surface area contributed by atoms with Crippen LogP contribution in [0.5, 0.6) is 0 Å². The summed E-state index contributed by atoms with van der Waals surface area (Å²) in [5.41, 5.74) is 0.582. The van der Waals surface area contributed by atoms with Gasteiger partial charge in [-0.05, 0) is 18.2 Å². The maximum atomic E-state index is 11.4. The fourth-order valence-corrected chi connectivity index (χ4v) is 2.08. The molecule has 0 spiro atoms. The van der Waals surface area contributed by atoms with Gasteiger partial charge in [0, 0.05) is 23.1 Å². The maximum absolute atomic E-state index is 11.4. The van der Waals surface area contributed by atoms with Crippen molar-refractivity contribution in [3.8, 4) is 6.07 Å². The molecule has 0 saturated heterocycles. The number of carboxylic acids is 1. The van der Waals surface area contributed by atoms with Gasteiger partial charge in [-0.25, -0.2) is 0 Å². The summed E-state index contributed by atoms with van der Waals surface area (Å²) in [6.07, 6.45) is 1.98. The minimum atomic E-state index is -1.42. The van der Waals surface area contributed by atoms with E-state index in [0.29, 0.717) is 23.9 Å². The SMILES string of the molecule is N#CCCSc1ccccc1NC(=O)/C=C/C(=O)[O-]. The molecule has 19 heavy (non-hydrogen) atoms. The van der Waals surface area contributed by atoms with Crippen molar-refractivity contribution in [1.29, 1.82) is 5.26 Å². The van der Waals surface area contributed by atoms with Gasteiger partial charge >= 0.3 is 0 Å². The number of amides is 1. The number of para-hydroxylation sites is 1. The molecular weight excluding hydrogens is 264 g/mol. The minimum absolute atomic E-state index is 0.414. The van der Waals surface area contributed by atoms with Crippen LogP contribution in [0, 0.1) is 11.3 Å². The van der Waals surface area contributed by atoms with Crippen molar-refractivity contribution in [3.05, 3.63) is 36.4 Å². The number of rotatable bonds is 6. The Bertz CT molecular complexity index is 535. The van der Waals surface area contributed by atoms with E-state index in [9.17, 15) is 14.7 Å². The smallest absolute Gasteiger partial charge is 0.248 e. The lowest BCUT2D eigenvalue weighted by Crippen LogP contribution is -2.20. The zero-order valence-corrected chi connectivity index (χ0v) is 10.8. The molecule has 0 unspecified atom stereocenters. The summed E-state index contributed by atoms with van der Waals surface area (Å²) in [6.45, 7) is 0. The molecule has 1 rings (SSSR count). The topological polar surface area (TPSA) is 93.0 Å². The highest BCUT2D eigenvalue weighted by molar-refractivity contribution is 7.99. The number of carboxylic acid groups (broad SMARTS) is 1. The summed E-state index contributed by atoms with van der Waals surface area (Å²) >= 11 is 1.45. The molecular formula is C13H11N2O3S-. The molecule has 98 valence electrons.